The number of carbonyl (C=O) groups is 1. The molecule has 9 heteroatoms. The van der Waals surface area contributed by atoms with E-state index in [0.717, 1.165) is 22.8 Å². The van der Waals surface area contributed by atoms with Crippen LogP contribution in [0.15, 0.2) is 35.3 Å². The number of hydrogen-bond acceptors (Lipinski definition) is 5. The van der Waals surface area contributed by atoms with Gasteiger partial charge in [0.1, 0.15) is 17.2 Å². The summed E-state index contributed by atoms with van der Waals surface area (Å²) >= 11 is 0. The Morgan fingerprint density at radius 3 is 2.39 bits per heavy atom. The second-order valence-electron chi connectivity index (χ2n) is 8.60. The number of nitrogens with zero attached hydrogens (tertiary/aromatic N) is 3. The van der Waals surface area contributed by atoms with Gasteiger partial charge in [0.05, 0.1) is 6.54 Å². The van der Waals surface area contributed by atoms with Crippen molar-refractivity contribution in [2.75, 3.05) is 26.2 Å². The summed E-state index contributed by atoms with van der Waals surface area (Å²) in [6.45, 7) is 7.67. The molecule has 168 valence electrons. The number of hydrogen-bond donors (Lipinski definition) is 1. The largest absolute Gasteiger partial charge is 0.503 e. The maximum atomic E-state index is 13.9. The number of halogens is 2. The van der Waals surface area contributed by atoms with Crippen LogP contribution in [0.25, 0.3) is 0 Å². The molecule has 1 aliphatic rings. The number of amides is 1. The summed E-state index contributed by atoms with van der Waals surface area (Å²) in [5.41, 5.74) is -0.772. The maximum Gasteiger partial charge on any atom is 0.410 e. The van der Waals surface area contributed by atoms with Crippen molar-refractivity contribution in [1.29, 1.82) is 0 Å². The predicted octanol–water partition coefficient (Wildman–Crippen LogP) is 2.93. The number of pyridine rings is 1. The van der Waals surface area contributed by atoms with Crippen molar-refractivity contribution in [3.05, 3.63) is 63.6 Å². The van der Waals surface area contributed by atoms with Gasteiger partial charge in [0.2, 0.25) is 0 Å². The minimum absolute atomic E-state index is 0.0208. The first-order valence-electron chi connectivity index (χ1n) is 10.1. The van der Waals surface area contributed by atoms with E-state index in [-0.39, 0.29) is 18.2 Å². The standard InChI is InChI=1S/C22H27F2N3O4/c1-22(2,3)31-21(30)26-10-8-25(9-11-26)13-15-6-7-27(20(29)19(15)28)14-16-12-17(23)4-5-18(16)24/h4-7,12,28H,8-11,13-14H2,1-3H3. The van der Waals surface area contributed by atoms with Gasteiger partial charge in [0.15, 0.2) is 5.75 Å². The van der Waals surface area contributed by atoms with E-state index in [9.17, 15) is 23.5 Å². The molecular formula is C22H27F2N3O4. The molecular weight excluding hydrogens is 408 g/mol. The molecule has 0 atom stereocenters. The molecule has 1 aromatic carbocycles. The number of rotatable bonds is 4. The fourth-order valence-corrected chi connectivity index (χ4v) is 3.36. The first kappa shape index (κ1) is 22.7. The number of aromatic hydroxyl groups is 1. The molecule has 1 aliphatic heterocycles. The molecule has 2 heterocycles. The Morgan fingerprint density at radius 2 is 1.74 bits per heavy atom. The summed E-state index contributed by atoms with van der Waals surface area (Å²) in [6.07, 6.45) is 1.10. The lowest BCUT2D eigenvalue weighted by molar-refractivity contribution is 0.0138. The number of benzene rings is 1. The van der Waals surface area contributed by atoms with Gasteiger partial charge in [-0.05, 0) is 45.0 Å². The van der Waals surface area contributed by atoms with E-state index < -0.39 is 28.5 Å². The van der Waals surface area contributed by atoms with Crippen molar-refractivity contribution in [2.24, 2.45) is 0 Å². The van der Waals surface area contributed by atoms with Crippen LogP contribution >= 0.6 is 0 Å². The second-order valence-corrected chi connectivity index (χ2v) is 8.60. The van der Waals surface area contributed by atoms with Gasteiger partial charge in [0.25, 0.3) is 5.56 Å². The quantitative estimate of drug-likeness (QED) is 0.799. The van der Waals surface area contributed by atoms with E-state index in [0.29, 0.717) is 38.3 Å². The Hall–Kier alpha value is -2.94. The first-order chi connectivity index (χ1) is 14.5. The summed E-state index contributed by atoms with van der Waals surface area (Å²) < 4.78 is 33.8. The highest BCUT2D eigenvalue weighted by atomic mass is 19.1. The van der Waals surface area contributed by atoms with Gasteiger partial charge in [-0.3, -0.25) is 9.69 Å². The van der Waals surface area contributed by atoms with Crippen LogP contribution in [0.1, 0.15) is 31.9 Å². The van der Waals surface area contributed by atoms with E-state index in [1.807, 2.05) is 25.7 Å². The normalized spacial score (nSPS) is 15.2. The molecule has 31 heavy (non-hydrogen) atoms. The Bertz CT molecular complexity index is 1010. The van der Waals surface area contributed by atoms with Gasteiger partial charge in [-0.25, -0.2) is 13.6 Å². The van der Waals surface area contributed by atoms with Crippen molar-refractivity contribution in [2.45, 2.75) is 39.5 Å². The van der Waals surface area contributed by atoms with Crippen molar-refractivity contribution in [1.82, 2.24) is 14.4 Å². The molecule has 1 saturated heterocycles. The molecule has 3 rings (SSSR count). The second kappa shape index (κ2) is 9.05. The van der Waals surface area contributed by atoms with E-state index in [1.54, 1.807) is 11.0 Å². The van der Waals surface area contributed by atoms with E-state index >= 15 is 0 Å². The minimum atomic E-state index is -0.673. The zero-order chi connectivity index (χ0) is 22.8. The van der Waals surface area contributed by atoms with Gasteiger partial charge in [-0.1, -0.05) is 0 Å². The SMILES string of the molecule is CC(C)(C)OC(=O)N1CCN(Cc2ccn(Cc3cc(F)ccc3F)c(=O)c2O)CC1. The Labute approximate surface area is 179 Å². The molecule has 0 aliphatic carbocycles. The summed E-state index contributed by atoms with van der Waals surface area (Å²) in [5.74, 6) is -1.65. The summed E-state index contributed by atoms with van der Waals surface area (Å²) in [4.78, 5) is 28.3. The van der Waals surface area contributed by atoms with Crippen LogP contribution in [0.5, 0.6) is 5.75 Å². The summed E-state index contributed by atoms with van der Waals surface area (Å²) in [5, 5.41) is 10.4. The smallest absolute Gasteiger partial charge is 0.410 e. The molecule has 1 fully saturated rings. The van der Waals surface area contributed by atoms with Gasteiger partial charge < -0.3 is 19.3 Å². The van der Waals surface area contributed by atoms with Crippen LogP contribution in [0, 0.1) is 11.6 Å². The van der Waals surface area contributed by atoms with Crippen molar-refractivity contribution >= 4 is 6.09 Å². The van der Waals surface area contributed by atoms with Gasteiger partial charge >= 0.3 is 6.09 Å². The Morgan fingerprint density at radius 1 is 1.06 bits per heavy atom. The predicted molar refractivity (Wildman–Crippen MR) is 111 cm³/mol. The summed E-state index contributed by atoms with van der Waals surface area (Å²) in [6, 6.07) is 4.62. The third-order valence-electron chi connectivity index (χ3n) is 4.99. The molecule has 2 aromatic rings. The van der Waals surface area contributed by atoms with E-state index in [1.165, 1.54) is 6.20 Å². The lowest BCUT2D eigenvalue weighted by Gasteiger charge is -2.35. The Balaban J connectivity index is 1.63. The van der Waals surface area contributed by atoms with Crippen LogP contribution in [0.4, 0.5) is 13.6 Å². The molecule has 1 amide bonds. The van der Waals surface area contributed by atoms with Gasteiger partial charge in [0, 0.05) is 50.0 Å². The molecule has 1 N–H and O–H groups in total. The molecule has 0 unspecified atom stereocenters. The molecule has 7 nitrogen and oxygen atoms in total. The fourth-order valence-electron chi connectivity index (χ4n) is 3.36. The highest BCUT2D eigenvalue weighted by molar-refractivity contribution is 5.68. The van der Waals surface area contributed by atoms with Crippen LogP contribution in [-0.2, 0) is 17.8 Å². The van der Waals surface area contributed by atoms with Crippen LogP contribution in [0.2, 0.25) is 0 Å². The van der Waals surface area contributed by atoms with Gasteiger partial charge in [-0.15, -0.1) is 0 Å². The van der Waals surface area contributed by atoms with Crippen LogP contribution < -0.4 is 5.56 Å². The van der Waals surface area contributed by atoms with Gasteiger partial charge in [-0.2, -0.15) is 0 Å². The fraction of sp³-hybridized carbons (Fsp3) is 0.455. The highest BCUT2D eigenvalue weighted by Gasteiger charge is 2.26. The average molecular weight is 435 g/mol. The van der Waals surface area contributed by atoms with Crippen molar-refractivity contribution in [3.63, 3.8) is 0 Å². The van der Waals surface area contributed by atoms with Crippen LogP contribution in [0.3, 0.4) is 0 Å². The van der Waals surface area contributed by atoms with Crippen molar-refractivity contribution in [3.8, 4) is 5.75 Å². The topological polar surface area (TPSA) is 75.0 Å². The third-order valence-corrected chi connectivity index (χ3v) is 4.99. The third kappa shape index (κ3) is 5.81. The zero-order valence-electron chi connectivity index (χ0n) is 17.9. The number of ether oxygens (including phenoxy) is 1. The highest BCUT2D eigenvalue weighted by Crippen LogP contribution is 2.18. The molecule has 0 spiro atoms. The maximum absolute atomic E-state index is 13.9. The monoisotopic (exact) mass is 435 g/mol. The zero-order valence-corrected chi connectivity index (χ0v) is 17.9. The number of carbonyl (C=O) groups excluding carboxylic acids is 1. The molecule has 1 aromatic heterocycles. The van der Waals surface area contributed by atoms with Crippen molar-refractivity contribution < 1.29 is 23.4 Å². The lowest BCUT2D eigenvalue weighted by Crippen LogP contribution is -2.49. The molecule has 0 saturated carbocycles. The minimum Gasteiger partial charge on any atom is -0.503 e. The molecule has 0 radical (unpaired) electrons. The number of aromatic nitrogens is 1. The summed E-state index contributed by atoms with van der Waals surface area (Å²) in [7, 11) is 0. The first-order valence-corrected chi connectivity index (χ1v) is 10.1. The lowest BCUT2D eigenvalue weighted by atomic mass is 10.1. The average Bonchev–Trinajstić information content (AvgIpc) is 2.69. The van der Waals surface area contributed by atoms with E-state index in [2.05, 4.69) is 0 Å². The van der Waals surface area contributed by atoms with Crippen LogP contribution in [-0.4, -0.2) is 57.3 Å². The van der Waals surface area contributed by atoms with E-state index in [4.69, 9.17) is 4.74 Å². The Kier molecular flexibility index (Phi) is 6.64. The number of piperazine rings is 1. The molecule has 0 bridgehead atoms.